The average Bonchev–Trinajstić information content (AvgIpc) is 2.82. The number of thiazole rings is 1. The number of aromatic nitrogens is 2. The predicted molar refractivity (Wildman–Crippen MR) is 72.4 cm³/mol. The monoisotopic (exact) mass is 260 g/mol. The van der Waals surface area contributed by atoms with Crippen molar-refractivity contribution in [2.24, 2.45) is 0 Å². The van der Waals surface area contributed by atoms with Gasteiger partial charge in [-0.25, -0.2) is 9.97 Å². The van der Waals surface area contributed by atoms with Crippen molar-refractivity contribution in [2.45, 2.75) is 5.88 Å². The highest BCUT2D eigenvalue weighted by atomic mass is 35.5. The Morgan fingerprint density at radius 2 is 2.12 bits per heavy atom. The summed E-state index contributed by atoms with van der Waals surface area (Å²) in [7, 11) is 0. The molecule has 2 heterocycles. The van der Waals surface area contributed by atoms with Crippen LogP contribution in [-0.2, 0) is 5.88 Å². The third kappa shape index (κ3) is 2.04. The second-order valence-electron chi connectivity index (χ2n) is 3.68. The minimum Gasteiger partial charge on any atom is -0.244 e. The van der Waals surface area contributed by atoms with Crippen molar-refractivity contribution in [2.75, 3.05) is 0 Å². The molecule has 2 aromatic heterocycles. The molecule has 2 nitrogen and oxygen atoms in total. The lowest BCUT2D eigenvalue weighted by molar-refractivity contribution is 1.38. The molecule has 0 radical (unpaired) electrons. The highest BCUT2D eigenvalue weighted by molar-refractivity contribution is 7.21. The molecule has 0 saturated heterocycles. The summed E-state index contributed by atoms with van der Waals surface area (Å²) < 4.78 is 0. The van der Waals surface area contributed by atoms with E-state index in [0.29, 0.717) is 5.88 Å². The third-order valence-electron chi connectivity index (χ3n) is 2.49. The van der Waals surface area contributed by atoms with Gasteiger partial charge in [-0.1, -0.05) is 29.5 Å². The van der Waals surface area contributed by atoms with Crippen molar-refractivity contribution in [1.82, 2.24) is 9.97 Å². The molecule has 3 aromatic rings. The molecule has 0 aliphatic carbocycles. The van der Waals surface area contributed by atoms with Crippen molar-refractivity contribution >= 4 is 33.3 Å². The maximum Gasteiger partial charge on any atom is 0.143 e. The van der Waals surface area contributed by atoms with E-state index < -0.39 is 0 Å². The fraction of sp³-hybridized carbons (Fsp3) is 0.0769. The minimum absolute atomic E-state index is 0.525. The first-order chi connectivity index (χ1) is 8.36. The SMILES string of the molecule is ClCc1cccc(-c2nc3cccnc3s2)c1. The predicted octanol–water partition coefficient (Wildman–Crippen LogP) is 4.10. The van der Waals surface area contributed by atoms with E-state index in [9.17, 15) is 0 Å². The van der Waals surface area contributed by atoms with Gasteiger partial charge in [0, 0.05) is 17.6 Å². The van der Waals surface area contributed by atoms with Crippen molar-refractivity contribution in [1.29, 1.82) is 0 Å². The molecule has 3 rings (SSSR count). The van der Waals surface area contributed by atoms with Crippen molar-refractivity contribution < 1.29 is 0 Å². The molecule has 4 heteroatoms. The second-order valence-corrected chi connectivity index (χ2v) is 4.93. The molecule has 0 fully saturated rings. The quantitative estimate of drug-likeness (QED) is 0.649. The molecule has 0 atom stereocenters. The molecule has 0 N–H and O–H groups in total. The van der Waals surface area contributed by atoms with Gasteiger partial charge in [0.15, 0.2) is 0 Å². The van der Waals surface area contributed by atoms with Gasteiger partial charge in [-0.05, 0) is 23.8 Å². The molecule has 84 valence electrons. The van der Waals surface area contributed by atoms with E-state index in [1.54, 1.807) is 17.5 Å². The van der Waals surface area contributed by atoms with Crippen LogP contribution in [0.25, 0.3) is 20.9 Å². The summed E-state index contributed by atoms with van der Waals surface area (Å²) in [6, 6.07) is 12.0. The van der Waals surface area contributed by atoms with Gasteiger partial charge in [-0.2, -0.15) is 0 Å². The zero-order chi connectivity index (χ0) is 11.7. The van der Waals surface area contributed by atoms with Gasteiger partial charge in [0.2, 0.25) is 0 Å². The molecule has 0 unspecified atom stereocenters. The number of benzene rings is 1. The van der Waals surface area contributed by atoms with Gasteiger partial charge in [0.25, 0.3) is 0 Å². The van der Waals surface area contributed by atoms with Crippen molar-refractivity contribution in [3.05, 3.63) is 48.2 Å². The van der Waals surface area contributed by atoms with Crippen LogP contribution in [0.5, 0.6) is 0 Å². The fourth-order valence-electron chi connectivity index (χ4n) is 1.68. The molecular weight excluding hydrogens is 252 g/mol. The minimum atomic E-state index is 0.525. The highest BCUT2D eigenvalue weighted by Gasteiger charge is 2.06. The topological polar surface area (TPSA) is 25.8 Å². The van der Waals surface area contributed by atoms with E-state index in [0.717, 1.165) is 26.5 Å². The number of fused-ring (bicyclic) bond motifs is 1. The van der Waals surface area contributed by atoms with E-state index in [1.807, 2.05) is 30.3 Å². The van der Waals surface area contributed by atoms with Gasteiger partial charge >= 0.3 is 0 Å². The molecule has 1 aromatic carbocycles. The number of hydrogen-bond donors (Lipinski definition) is 0. The zero-order valence-electron chi connectivity index (χ0n) is 8.93. The van der Waals surface area contributed by atoms with Crippen LogP contribution in [-0.4, -0.2) is 9.97 Å². The van der Waals surface area contributed by atoms with E-state index in [2.05, 4.69) is 16.0 Å². The summed E-state index contributed by atoms with van der Waals surface area (Å²) in [4.78, 5) is 9.84. The Labute approximate surface area is 108 Å². The highest BCUT2D eigenvalue weighted by Crippen LogP contribution is 2.29. The van der Waals surface area contributed by atoms with E-state index in [4.69, 9.17) is 11.6 Å². The third-order valence-corrected chi connectivity index (χ3v) is 3.83. The van der Waals surface area contributed by atoms with Gasteiger partial charge in [-0.15, -0.1) is 11.6 Å². The largest absolute Gasteiger partial charge is 0.244 e. The molecule has 0 amide bonds. The molecule has 0 bridgehead atoms. The van der Waals surface area contributed by atoms with Crippen LogP contribution in [0.2, 0.25) is 0 Å². The fourth-order valence-corrected chi connectivity index (χ4v) is 2.75. The molecule has 0 aliphatic rings. The maximum absolute atomic E-state index is 5.84. The van der Waals surface area contributed by atoms with Crippen molar-refractivity contribution in [3.8, 4) is 10.6 Å². The van der Waals surface area contributed by atoms with E-state index in [1.165, 1.54) is 0 Å². The first-order valence-electron chi connectivity index (χ1n) is 5.23. The van der Waals surface area contributed by atoms with Gasteiger partial charge in [-0.3, -0.25) is 0 Å². The van der Waals surface area contributed by atoms with Crippen LogP contribution in [0.1, 0.15) is 5.56 Å². The number of pyridine rings is 1. The number of hydrogen-bond acceptors (Lipinski definition) is 3. The zero-order valence-corrected chi connectivity index (χ0v) is 10.5. The first kappa shape index (κ1) is 10.7. The number of nitrogens with zero attached hydrogens (tertiary/aromatic N) is 2. The van der Waals surface area contributed by atoms with Gasteiger partial charge in [0.05, 0.1) is 0 Å². The Hall–Kier alpha value is -1.45. The van der Waals surface area contributed by atoms with Gasteiger partial charge < -0.3 is 0 Å². The Morgan fingerprint density at radius 3 is 2.94 bits per heavy atom. The van der Waals surface area contributed by atoms with Crippen molar-refractivity contribution in [3.63, 3.8) is 0 Å². The normalized spacial score (nSPS) is 10.9. The molecular formula is C13H9ClN2S. The molecule has 0 saturated carbocycles. The summed E-state index contributed by atoms with van der Waals surface area (Å²) in [6.07, 6.45) is 1.79. The lowest BCUT2D eigenvalue weighted by Crippen LogP contribution is -1.80. The van der Waals surface area contributed by atoms with Crippen LogP contribution < -0.4 is 0 Å². The standard InChI is InChI=1S/C13H9ClN2S/c14-8-9-3-1-4-10(7-9)12-16-11-5-2-6-15-13(11)17-12/h1-7H,8H2. The van der Waals surface area contributed by atoms with Crippen LogP contribution in [0.4, 0.5) is 0 Å². The van der Waals surface area contributed by atoms with Gasteiger partial charge in [0.1, 0.15) is 15.4 Å². The maximum atomic E-state index is 5.84. The Bertz CT molecular complexity index is 630. The van der Waals surface area contributed by atoms with E-state index in [-0.39, 0.29) is 0 Å². The second kappa shape index (κ2) is 4.43. The Balaban J connectivity index is 2.13. The molecule has 17 heavy (non-hydrogen) atoms. The summed E-state index contributed by atoms with van der Waals surface area (Å²) in [5, 5.41) is 0.991. The van der Waals surface area contributed by atoms with E-state index >= 15 is 0 Å². The van der Waals surface area contributed by atoms with Crippen LogP contribution in [0.15, 0.2) is 42.6 Å². The number of alkyl halides is 1. The molecule has 0 aliphatic heterocycles. The Kier molecular flexibility index (Phi) is 2.79. The summed E-state index contributed by atoms with van der Waals surface area (Å²) in [5.41, 5.74) is 3.16. The summed E-state index contributed by atoms with van der Waals surface area (Å²) >= 11 is 7.44. The number of rotatable bonds is 2. The molecule has 0 spiro atoms. The Morgan fingerprint density at radius 1 is 1.18 bits per heavy atom. The van der Waals surface area contributed by atoms with Crippen LogP contribution >= 0.6 is 22.9 Å². The average molecular weight is 261 g/mol. The summed E-state index contributed by atoms with van der Waals surface area (Å²) in [5.74, 6) is 0.525. The number of halogens is 1. The first-order valence-corrected chi connectivity index (χ1v) is 6.59. The lowest BCUT2D eigenvalue weighted by atomic mass is 10.1. The van der Waals surface area contributed by atoms with Crippen LogP contribution in [0, 0.1) is 0 Å². The van der Waals surface area contributed by atoms with Crippen LogP contribution in [0.3, 0.4) is 0 Å². The smallest absolute Gasteiger partial charge is 0.143 e. The lowest BCUT2D eigenvalue weighted by Gasteiger charge is -1.98. The summed E-state index contributed by atoms with van der Waals surface area (Å²) in [6.45, 7) is 0.